The van der Waals surface area contributed by atoms with Crippen molar-refractivity contribution < 1.29 is 18.0 Å². The van der Waals surface area contributed by atoms with E-state index in [1.807, 2.05) is 13.8 Å². The maximum absolute atomic E-state index is 12.5. The number of carbonyl (C=O) groups excluding carboxylic acids is 1. The fraction of sp³-hybridized carbons (Fsp3) is 0.417. The number of hydrogen-bond donors (Lipinski definition) is 2. The Morgan fingerprint density at radius 1 is 1.39 bits per heavy atom. The number of anilines is 2. The topological polar surface area (TPSA) is 55.1 Å². The Balaban J connectivity index is 2.92. The molecule has 0 bridgehead atoms. The molecule has 1 aromatic carbocycles. The highest BCUT2D eigenvalue weighted by atomic mass is 19.4. The van der Waals surface area contributed by atoms with Crippen molar-refractivity contribution in [3.63, 3.8) is 0 Å². The van der Waals surface area contributed by atoms with Crippen molar-refractivity contribution in [1.82, 2.24) is 0 Å². The molecule has 0 heterocycles. The molecule has 0 atom stereocenters. The molecule has 6 heteroatoms. The van der Waals surface area contributed by atoms with E-state index in [4.69, 9.17) is 5.73 Å². The van der Waals surface area contributed by atoms with Crippen molar-refractivity contribution in [2.24, 2.45) is 5.92 Å². The van der Waals surface area contributed by atoms with Crippen molar-refractivity contribution >= 4 is 17.3 Å². The number of carbonyl (C=O) groups is 1. The average molecular weight is 260 g/mol. The summed E-state index contributed by atoms with van der Waals surface area (Å²) < 4.78 is 37.5. The van der Waals surface area contributed by atoms with E-state index in [0.29, 0.717) is 0 Å². The molecule has 1 aromatic rings. The molecule has 18 heavy (non-hydrogen) atoms. The van der Waals surface area contributed by atoms with Gasteiger partial charge in [-0.25, -0.2) is 0 Å². The van der Waals surface area contributed by atoms with Crippen LogP contribution in [0.2, 0.25) is 0 Å². The molecule has 100 valence electrons. The Labute approximate surface area is 103 Å². The molecule has 0 aromatic heterocycles. The van der Waals surface area contributed by atoms with Gasteiger partial charge in [0.1, 0.15) is 0 Å². The minimum atomic E-state index is -4.45. The van der Waals surface area contributed by atoms with Crippen LogP contribution in [0.25, 0.3) is 0 Å². The molecule has 0 aliphatic rings. The summed E-state index contributed by atoms with van der Waals surface area (Å²) in [6.45, 7) is 3.68. The largest absolute Gasteiger partial charge is 0.416 e. The maximum Gasteiger partial charge on any atom is 0.416 e. The Morgan fingerprint density at radius 2 is 2.00 bits per heavy atom. The molecule has 1 amide bonds. The molecule has 0 saturated carbocycles. The van der Waals surface area contributed by atoms with Crippen molar-refractivity contribution in [2.75, 3.05) is 11.1 Å². The van der Waals surface area contributed by atoms with Crippen LogP contribution in [0.3, 0.4) is 0 Å². The summed E-state index contributed by atoms with van der Waals surface area (Å²) in [5.41, 5.74) is 4.80. The summed E-state index contributed by atoms with van der Waals surface area (Å²) in [4.78, 5) is 11.5. The first-order valence-corrected chi connectivity index (χ1v) is 5.46. The van der Waals surface area contributed by atoms with Gasteiger partial charge in [-0.05, 0) is 24.1 Å². The summed E-state index contributed by atoms with van der Waals surface area (Å²) in [5, 5.41) is 2.39. The van der Waals surface area contributed by atoms with Crippen LogP contribution in [0.15, 0.2) is 18.2 Å². The van der Waals surface area contributed by atoms with Gasteiger partial charge in [0.25, 0.3) is 0 Å². The molecule has 0 aliphatic carbocycles. The van der Waals surface area contributed by atoms with Crippen molar-refractivity contribution in [3.05, 3.63) is 23.8 Å². The number of hydrogen-bond acceptors (Lipinski definition) is 2. The standard InChI is InChI=1S/C12H15F3N2O/c1-7(2)5-11(18)17-10-6-8(12(13,14)15)3-4-9(10)16/h3-4,6-7H,5,16H2,1-2H3,(H,17,18). The van der Waals surface area contributed by atoms with Gasteiger partial charge in [0, 0.05) is 6.42 Å². The number of nitrogens with two attached hydrogens (primary N) is 1. The van der Waals surface area contributed by atoms with E-state index in [1.54, 1.807) is 0 Å². The molecule has 0 fully saturated rings. The van der Waals surface area contributed by atoms with E-state index >= 15 is 0 Å². The smallest absolute Gasteiger partial charge is 0.397 e. The van der Waals surface area contributed by atoms with Gasteiger partial charge in [-0.2, -0.15) is 13.2 Å². The van der Waals surface area contributed by atoms with E-state index in [1.165, 1.54) is 0 Å². The van der Waals surface area contributed by atoms with Gasteiger partial charge in [-0.1, -0.05) is 13.8 Å². The first-order valence-electron chi connectivity index (χ1n) is 5.46. The van der Waals surface area contributed by atoms with E-state index < -0.39 is 11.7 Å². The number of halogens is 3. The van der Waals surface area contributed by atoms with Crippen molar-refractivity contribution in [2.45, 2.75) is 26.4 Å². The lowest BCUT2D eigenvalue weighted by molar-refractivity contribution is -0.137. The fourth-order valence-electron chi connectivity index (χ4n) is 1.41. The zero-order valence-corrected chi connectivity index (χ0v) is 10.1. The quantitative estimate of drug-likeness (QED) is 0.819. The Bertz CT molecular complexity index is 441. The summed E-state index contributed by atoms with van der Waals surface area (Å²) >= 11 is 0. The zero-order chi connectivity index (χ0) is 13.9. The van der Waals surface area contributed by atoms with Gasteiger partial charge in [0.05, 0.1) is 16.9 Å². The lowest BCUT2D eigenvalue weighted by atomic mass is 10.1. The minimum Gasteiger partial charge on any atom is -0.397 e. The third-order valence-electron chi connectivity index (χ3n) is 2.25. The third kappa shape index (κ3) is 3.94. The molecule has 3 N–H and O–H groups in total. The third-order valence-corrected chi connectivity index (χ3v) is 2.25. The minimum absolute atomic E-state index is 0.00419. The van der Waals surface area contributed by atoms with Crippen LogP contribution in [0, 0.1) is 5.92 Å². The van der Waals surface area contributed by atoms with E-state index in [2.05, 4.69) is 5.32 Å². The van der Waals surface area contributed by atoms with E-state index in [9.17, 15) is 18.0 Å². The number of amides is 1. The van der Waals surface area contributed by atoms with Crippen LogP contribution in [-0.4, -0.2) is 5.91 Å². The molecule has 3 nitrogen and oxygen atoms in total. The number of rotatable bonds is 3. The van der Waals surface area contributed by atoms with Crippen LogP contribution in [0.4, 0.5) is 24.5 Å². The number of alkyl halides is 3. The van der Waals surface area contributed by atoms with E-state index in [0.717, 1.165) is 18.2 Å². The van der Waals surface area contributed by atoms with E-state index in [-0.39, 0.29) is 29.6 Å². The highest BCUT2D eigenvalue weighted by Crippen LogP contribution is 2.33. The van der Waals surface area contributed by atoms with Gasteiger partial charge >= 0.3 is 6.18 Å². The summed E-state index contributed by atoms with van der Waals surface area (Å²) in [6.07, 6.45) is -4.22. The number of nitrogen functional groups attached to an aromatic ring is 1. The second-order valence-electron chi connectivity index (χ2n) is 4.45. The maximum atomic E-state index is 12.5. The Morgan fingerprint density at radius 3 is 2.50 bits per heavy atom. The molecule has 0 unspecified atom stereocenters. The van der Waals surface area contributed by atoms with Gasteiger partial charge in [0.2, 0.25) is 5.91 Å². The van der Waals surface area contributed by atoms with Crippen LogP contribution >= 0.6 is 0 Å². The average Bonchev–Trinajstić information content (AvgIpc) is 2.18. The van der Waals surface area contributed by atoms with Crippen molar-refractivity contribution in [1.29, 1.82) is 0 Å². The number of nitrogens with one attached hydrogen (secondary N) is 1. The fourth-order valence-corrected chi connectivity index (χ4v) is 1.41. The second-order valence-corrected chi connectivity index (χ2v) is 4.45. The Hall–Kier alpha value is -1.72. The Kier molecular flexibility index (Phi) is 4.21. The molecule has 0 radical (unpaired) electrons. The van der Waals surface area contributed by atoms with Crippen molar-refractivity contribution in [3.8, 4) is 0 Å². The molecule has 0 spiro atoms. The number of benzene rings is 1. The van der Waals surface area contributed by atoms with Crippen LogP contribution in [-0.2, 0) is 11.0 Å². The predicted molar refractivity (Wildman–Crippen MR) is 63.9 cm³/mol. The summed E-state index contributed by atoms with van der Waals surface area (Å²) in [5.74, 6) is -0.229. The first-order chi connectivity index (χ1) is 8.20. The first kappa shape index (κ1) is 14.3. The molecule has 1 rings (SSSR count). The molecule has 0 saturated heterocycles. The zero-order valence-electron chi connectivity index (χ0n) is 10.1. The SMILES string of the molecule is CC(C)CC(=O)Nc1cc(C(F)(F)F)ccc1N. The van der Waals surface area contributed by atoms with Gasteiger partial charge in [-0.15, -0.1) is 0 Å². The van der Waals surface area contributed by atoms with Gasteiger partial charge in [-0.3, -0.25) is 4.79 Å². The lowest BCUT2D eigenvalue weighted by Crippen LogP contribution is -2.16. The molecular weight excluding hydrogens is 245 g/mol. The summed E-state index contributed by atoms with van der Waals surface area (Å²) in [7, 11) is 0. The van der Waals surface area contributed by atoms with Crippen LogP contribution in [0.5, 0.6) is 0 Å². The van der Waals surface area contributed by atoms with Gasteiger partial charge in [0.15, 0.2) is 0 Å². The van der Waals surface area contributed by atoms with Crippen LogP contribution < -0.4 is 11.1 Å². The predicted octanol–water partition coefficient (Wildman–Crippen LogP) is 3.27. The highest BCUT2D eigenvalue weighted by molar-refractivity contribution is 5.94. The lowest BCUT2D eigenvalue weighted by Gasteiger charge is -2.13. The summed E-state index contributed by atoms with van der Waals surface area (Å²) in [6, 6.07) is 2.86. The molecular formula is C12H15F3N2O. The van der Waals surface area contributed by atoms with Crippen LogP contribution in [0.1, 0.15) is 25.8 Å². The normalized spacial score (nSPS) is 11.7. The molecule has 0 aliphatic heterocycles. The highest BCUT2D eigenvalue weighted by Gasteiger charge is 2.31. The van der Waals surface area contributed by atoms with Gasteiger partial charge < -0.3 is 11.1 Å². The second kappa shape index (κ2) is 5.29. The monoisotopic (exact) mass is 260 g/mol.